The summed E-state index contributed by atoms with van der Waals surface area (Å²) in [6.45, 7) is 3.40. The molecule has 0 aliphatic rings. The molecule has 0 fully saturated rings. The van der Waals surface area contributed by atoms with E-state index in [0.29, 0.717) is 34.6 Å². The van der Waals surface area contributed by atoms with Gasteiger partial charge in [0.2, 0.25) is 5.95 Å². The van der Waals surface area contributed by atoms with E-state index < -0.39 is 0 Å². The van der Waals surface area contributed by atoms with Crippen molar-refractivity contribution in [3.8, 4) is 11.5 Å². The first kappa shape index (κ1) is 19.9. The fourth-order valence-corrected chi connectivity index (χ4v) is 2.90. The van der Waals surface area contributed by atoms with Gasteiger partial charge in [-0.3, -0.25) is 0 Å². The van der Waals surface area contributed by atoms with Crippen molar-refractivity contribution in [2.75, 3.05) is 12.4 Å². The number of para-hydroxylation sites is 1. The Bertz CT molecular complexity index is 934. The minimum atomic E-state index is -0.388. The van der Waals surface area contributed by atoms with Gasteiger partial charge in [-0.2, -0.15) is 0 Å². The minimum Gasteiger partial charge on any atom is -0.493 e. The van der Waals surface area contributed by atoms with Crippen molar-refractivity contribution in [2.45, 2.75) is 33.0 Å². The first-order valence-electron chi connectivity index (χ1n) is 8.85. The molecule has 0 aliphatic heterocycles. The molecule has 0 aliphatic carbocycles. The van der Waals surface area contributed by atoms with Crippen molar-refractivity contribution in [2.24, 2.45) is 0 Å². The number of nitrogens with one attached hydrogen (secondary N) is 1. The second-order valence-corrected chi connectivity index (χ2v) is 6.46. The number of aryl methyl sites for hydroxylation is 1. The summed E-state index contributed by atoms with van der Waals surface area (Å²) >= 11 is 6.10. The van der Waals surface area contributed by atoms with Gasteiger partial charge in [0.05, 0.1) is 12.1 Å². The number of hydrogen-bond donors (Lipinski definition) is 1. The molecule has 0 saturated carbocycles. The lowest BCUT2D eigenvalue weighted by Gasteiger charge is -2.16. The largest absolute Gasteiger partial charge is 0.493 e. The van der Waals surface area contributed by atoms with Crippen molar-refractivity contribution in [3.05, 3.63) is 58.4 Å². The van der Waals surface area contributed by atoms with Gasteiger partial charge in [-0.1, -0.05) is 41.8 Å². The predicted octanol–water partition coefficient (Wildman–Crippen LogP) is 4.08. The van der Waals surface area contributed by atoms with Crippen LogP contribution < -0.4 is 14.8 Å². The quantitative estimate of drug-likeness (QED) is 0.578. The number of nitrogens with zero attached hydrogens (tertiary/aromatic N) is 4. The summed E-state index contributed by atoms with van der Waals surface area (Å²) < 4.78 is 26.4. The predicted molar refractivity (Wildman–Crippen MR) is 104 cm³/mol. The fourth-order valence-electron chi connectivity index (χ4n) is 2.68. The van der Waals surface area contributed by atoms with Crippen LogP contribution in [0.15, 0.2) is 36.4 Å². The second kappa shape index (κ2) is 9.36. The zero-order chi connectivity index (χ0) is 19.9. The van der Waals surface area contributed by atoms with Crippen LogP contribution in [-0.2, 0) is 19.7 Å². The lowest BCUT2D eigenvalue weighted by atomic mass is 10.1. The Kier molecular flexibility index (Phi) is 6.65. The third kappa shape index (κ3) is 4.69. The van der Waals surface area contributed by atoms with Crippen LogP contribution in [-0.4, -0.2) is 27.3 Å². The summed E-state index contributed by atoms with van der Waals surface area (Å²) in [5.41, 5.74) is 1.54. The monoisotopic (exact) mass is 405 g/mol. The lowest BCUT2D eigenvalue weighted by Crippen LogP contribution is -2.10. The van der Waals surface area contributed by atoms with Crippen molar-refractivity contribution in [1.29, 1.82) is 0 Å². The number of halogens is 2. The molecule has 1 aromatic heterocycles. The van der Waals surface area contributed by atoms with Gasteiger partial charge in [0.1, 0.15) is 12.4 Å². The molecule has 3 aromatic rings. The summed E-state index contributed by atoms with van der Waals surface area (Å²) in [6, 6.07) is 9.82. The molecule has 0 radical (unpaired) electrons. The van der Waals surface area contributed by atoms with Gasteiger partial charge in [0.25, 0.3) is 0 Å². The molecular formula is C19H21ClFN5O2. The number of anilines is 1. The highest BCUT2D eigenvalue weighted by molar-refractivity contribution is 6.31. The Labute approximate surface area is 167 Å². The number of hydrogen-bond acceptors (Lipinski definition) is 6. The van der Waals surface area contributed by atoms with E-state index in [4.69, 9.17) is 21.1 Å². The van der Waals surface area contributed by atoms with E-state index in [-0.39, 0.29) is 12.4 Å². The maximum Gasteiger partial charge on any atom is 0.243 e. The first-order chi connectivity index (χ1) is 13.6. The van der Waals surface area contributed by atoms with Crippen LogP contribution in [0.3, 0.4) is 0 Å². The Morgan fingerprint density at radius 1 is 1.21 bits per heavy atom. The van der Waals surface area contributed by atoms with E-state index in [9.17, 15) is 4.39 Å². The Morgan fingerprint density at radius 2 is 2.07 bits per heavy atom. The van der Waals surface area contributed by atoms with Gasteiger partial charge in [0.15, 0.2) is 11.5 Å². The van der Waals surface area contributed by atoms with E-state index in [1.54, 1.807) is 17.9 Å². The van der Waals surface area contributed by atoms with Crippen LogP contribution in [0.25, 0.3) is 0 Å². The molecule has 7 nitrogen and oxygen atoms in total. The third-order valence-electron chi connectivity index (χ3n) is 4.07. The normalized spacial score (nSPS) is 10.7. The molecular weight excluding hydrogens is 385 g/mol. The molecule has 0 spiro atoms. The molecule has 0 bridgehead atoms. The number of benzene rings is 2. The molecule has 1 N–H and O–H groups in total. The number of ether oxygens (including phenoxy) is 2. The summed E-state index contributed by atoms with van der Waals surface area (Å²) in [7, 11) is 1.58. The van der Waals surface area contributed by atoms with E-state index in [1.807, 2.05) is 18.2 Å². The summed E-state index contributed by atoms with van der Waals surface area (Å²) in [4.78, 5) is 0. The molecule has 0 saturated heterocycles. The van der Waals surface area contributed by atoms with Crippen LogP contribution in [0.4, 0.5) is 10.3 Å². The molecule has 0 unspecified atom stereocenters. The van der Waals surface area contributed by atoms with Crippen LogP contribution in [0, 0.1) is 5.82 Å². The minimum absolute atomic E-state index is 0.181. The highest BCUT2D eigenvalue weighted by atomic mass is 35.5. The van der Waals surface area contributed by atoms with Crippen LogP contribution >= 0.6 is 11.6 Å². The number of methoxy groups -OCH3 is 1. The van der Waals surface area contributed by atoms with Crippen LogP contribution in [0.2, 0.25) is 5.02 Å². The number of rotatable bonds is 9. The van der Waals surface area contributed by atoms with E-state index >= 15 is 0 Å². The van der Waals surface area contributed by atoms with E-state index in [1.165, 1.54) is 12.1 Å². The highest BCUT2D eigenvalue weighted by Gasteiger charge is 2.13. The lowest BCUT2D eigenvalue weighted by molar-refractivity contribution is 0.281. The molecule has 9 heteroatoms. The molecule has 0 amide bonds. The maximum atomic E-state index is 13.2. The van der Waals surface area contributed by atoms with E-state index in [2.05, 4.69) is 27.8 Å². The number of tetrazole rings is 1. The summed E-state index contributed by atoms with van der Waals surface area (Å²) in [5, 5.41) is 15.2. The molecule has 3 rings (SSSR count). The first-order valence-corrected chi connectivity index (χ1v) is 9.22. The van der Waals surface area contributed by atoms with Crippen LogP contribution in [0.5, 0.6) is 11.5 Å². The highest BCUT2D eigenvalue weighted by Crippen LogP contribution is 2.33. The van der Waals surface area contributed by atoms with Crippen molar-refractivity contribution in [3.63, 3.8) is 0 Å². The standard InChI is InChI=1S/C19H21ClFN5O2/c1-3-9-26-19(23-24-25-26)22-11-13-5-4-6-17(27-2)18(13)28-12-14-7-8-15(21)10-16(14)20/h4-8,10H,3,9,11-12H2,1-2H3,(H,22,23,25). The van der Waals surface area contributed by atoms with Crippen molar-refractivity contribution in [1.82, 2.24) is 20.2 Å². The second-order valence-electron chi connectivity index (χ2n) is 6.05. The van der Waals surface area contributed by atoms with Gasteiger partial charge < -0.3 is 14.8 Å². The Morgan fingerprint density at radius 3 is 2.82 bits per heavy atom. The summed E-state index contributed by atoms with van der Waals surface area (Å²) in [6.07, 6.45) is 0.922. The van der Waals surface area contributed by atoms with Gasteiger partial charge in [-0.15, -0.1) is 0 Å². The van der Waals surface area contributed by atoms with Crippen molar-refractivity contribution < 1.29 is 13.9 Å². The van der Waals surface area contributed by atoms with Crippen molar-refractivity contribution >= 4 is 17.5 Å². The van der Waals surface area contributed by atoms with Crippen LogP contribution in [0.1, 0.15) is 24.5 Å². The van der Waals surface area contributed by atoms with Gasteiger partial charge in [-0.05, 0) is 35.0 Å². The van der Waals surface area contributed by atoms with Gasteiger partial charge in [-0.25, -0.2) is 9.07 Å². The molecule has 2 aromatic carbocycles. The maximum absolute atomic E-state index is 13.2. The van der Waals surface area contributed by atoms with E-state index in [0.717, 1.165) is 18.5 Å². The smallest absolute Gasteiger partial charge is 0.243 e. The zero-order valence-corrected chi connectivity index (χ0v) is 16.4. The molecule has 28 heavy (non-hydrogen) atoms. The SMILES string of the molecule is CCCn1nnnc1NCc1cccc(OC)c1OCc1ccc(F)cc1Cl. The zero-order valence-electron chi connectivity index (χ0n) is 15.7. The fraction of sp³-hybridized carbons (Fsp3) is 0.316. The Balaban J connectivity index is 1.77. The molecule has 1 heterocycles. The third-order valence-corrected chi connectivity index (χ3v) is 4.42. The topological polar surface area (TPSA) is 74.1 Å². The van der Waals surface area contributed by atoms with Gasteiger partial charge >= 0.3 is 0 Å². The Hall–Kier alpha value is -2.87. The molecule has 0 atom stereocenters. The average molecular weight is 406 g/mol. The summed E-state index contributed by atoms with van der Waals surface area (Å²) in [5.74, 6) is 1.36. The average Bonchev–Trinajstić information content (AvgIpc) is 3.13. The van der Waals surface area contributed by atoms with Gasteiger partial charge in [0, 0.05) is 24.2 Å². The molecule has 148 valence electrons. The number of aromatic nitrogens is 4.